The van der Waals surface area contributed by atoms with E-state index in [1.165, 1.54) is 31.2 Å². The van der Waals surface area contributed by atoms with Crippen LogP contribution in [0.25, 0.3) is 0 Å². The van der Waals surface area contributed by atoms with Gasteiger partial charge in [-0.15, -0.1) is 0 Å². The number of ketones is 1. The predicted molar refractivity (Wildman–Crippen MR) is 68.2 cm³/mol. The number of nitrogens with one attached hydrogen (secondary N) is 2. The van der Waals surface area contributed by atoms with Crippen molar-refractivity contribution in [3.8, 4) is 0 Å². The molecule has 2 N–H and O–H groups in total. The maximum absolute atomic E-state index is 12.0. The molecule has 1 saturated heterocycles. The smallest absolute Gasteiger partial charge is 0.240 e. The number of benzene rings is 1. The normalized spacial score (nSPS) is 19.2. The van der Waals surface area contributed by atoms with E-state index in [0.717, 1.165) is 0 Å². The number of carbonyl (C=O) groups is 2. The Morgan fingerprint density at radius 3 is 2.42 bits per heavy atom. The largest absolute Gasteiger partial charge is 0.354 e. The first-order chi connectivity index (χ1) is 8.88. The van der Waals surface area contributed by atoms with Crippen LogP contribution < -0.4 is 10.0 Å². The van der Waals surface area contributed by atoms with E-state index < -0.39 is 16.1 Å². The van der Waals surface area contributed by atoms with Crippen LogP contribution in [0.2, 0.25) is 0 Å². The van der Waals surface area contributed by atoms with Gasteiger partial charge >= 0.3 is 0 Å². The van der Waals surface area contributed by atoms with Crippen molar-refractivity contribution in [2.75, 3.05) is 6.54 Å². The number of hydrogen-bond donors (Lipinski definition) is 2. The summed E-state index contributed by atoms with van der Waals surface area (Å²) in [6, 6.07) is 5.26. The summed E-state index contributed by atoms with van der Waals surface area (Å²) in [6.45, 7) is 1.71. The van der Waals surface area contributed by atoms with Gasteiger partial charge in [0.1, 0.15) is 0 Å². The molecular weight excluding hydrogens is 268 g/mol. The summed E-state index contributed by atoms with van der Waals surface area (Å²) in [4.78, 5) is 22.2. The van der Waals surface area contributed by atoms with E-state index in [-0.39, 0.29) is 23.0 Å². The quantitative estimate of drug-likeness (QED) is 0.764. The fourth-order valence-corrected chi connectivity index (χ4v) is 3.08. The molecule has 1 fully saturated rings. The second kappa shape index (κ2) is 5.10. The molecule has 6 nitrogen and oxygen atoms in total. The Bertz CT molecular complexity index is 607. The van der Waals surface area contributed by atoms with E-state index in [2.05, 4.69) is 10.0 Å². The molecule has 1 aromatic carbocycles. The van der Waals surface area contributed by atoms with Gasteiger partial charge in [0.25, 0.3) is 0 Å². The summed E-state index contributed by atoms with van der Waals surface area (Å²) in [5.74, 6) is -0.290. The van der Waals surface area contributed by atoms with Crippen LogP contribution in [-0.4, -0.2) is 32.7 Å². The minimum atomic E-state index is -3.66. The van der Waals surface area contributed by atoms with Crippen molar-refractivity contribution in [1.29, 1.82) is 0 Å². The van der Waals surface area contributed by atoms with E-state index in [9.17, 15) is 18.0 Å². The van der Waals surface area contributed by atoms with E-state index in [1.807, 2.05) is 0 Å². The Morgan fingerprint density at radius 1 is 1.32 bits per heavy atom. The number of rotatable bonds is 4. The Morgan fingerprint density at radius 2 is 1.95 bits per heavy atom. The lowest BCUT2D eigenvalue weighted by Gasteiger charge is -2.11. The zero-order chi connectivity index (χ0) is 14.0. The average molecular weight is 282 g/mol. The van der Waals surface area contributed by atoms with Crippen LogP contribution in [0.4, 0.5) is 0 Å². The summed E-state index contributed by atoms with van der Waals surface area (Å²) in [7, 11) is -3.66. The fourth-order valence-electron chi connectivity index (χ4n) is 1.84. The number of sulfonamides is 1. The molecule has 102 valence electrons. The summed E-state index contributed by atoms with van der Waals surface area (Å²) in [5, 5.41) is 2.56. The highest BCUT2D eigenvalue weighted by molar-refractivity contribution is 7.89. The van der Waals surface area contributed by atoms with Gasteiger partial charge in [0.05, 0.1) is 4.90 Å². The molecule has 7 heteroatoms. The third kappa shape index (κ3) is 3.18. The van der Waals surface area contributed by atoms with Gasteiger partial charge in [-0.2, -0.15) is 0 Å². The molecule has 1 aromatic rings. The molecular formula is C12H14N2O4S. The van der Waals surface area contributed by atoms with Crippen LogP contribution >= 0.6 is 0 Å². The minimum absolute atomic E-state index is 0.0804. The second-order valence-corrected chi connectivity index (χ2v) is 6.12. The molecule has 1 heterocycles. The van der Waals surface area contributed by atoms with Gasteiger partial charge < -0.3 is 5.32 Å². The van der Waals surface area contributed by atoms with Crippen LogP contribution in [0, 0.1) is 0 Å². The Hall–Kier alpha value is -1.73. The molecule has 0 saturated carbocycles. The lowest BCUT2D eigenvalue weighted by Crippen LogP contribution is -2.36. The van der Waals surface area contributed by atoms with Crippen molar-refractivity contribution in [2.45, 2.75) is 24.3 Å². The molecule has 0 aromatic heterocycles. The van der Waals surface area contributed by atoms with Gasteiger partial charge in [-0.25, -0.2) is 13.1 Å². The molecule has 1 aliphatic heterocycles. The van der Waals surface area contributed by atoms with Gasteiger partial charge in [0, 0.05) is 24.6 Å². The van der Waals surface area contributed by atoms with Crippen LogP contribution in [0.3, 0.4) is 0 Å². The minimum Gasteiger partial charge on any atom is -0.354 e. The third-order valence-corrected chi connectivity index (χ3v) is 4.41. The standard InChI is InChI=1S/C12H14N2O4S/c1-8(15)9-2-4-11(5-3-9)19(17,18)14-10-6-12(16)13-7-10/h2-5,10,14H,6-7H2,1H3,(H,13,16). The van der Waals surface area contributed by atoms with E-state index in [4.69, 9.17) is 0 Å². The van der Waals surface area contributed by atoms with Gasteiger partial charge in [-0.3, -0.25) is 9.59 Å². The highest BCUT2D eigenvalue weighted by Crippen LogP contribution is 2.13. The van der Waals surface area contributed by atoms with E-state index in [1.54, 1.807) is 0 Å². The lowest BCUT2D eigenvalue weighted by molar-refractivity contribution is -0.119. The molecule has 1 aliphatic rings. The van der Waals surface area contributed by atoms with Crippen molar-refractivity contribution in [3.63, 3.8) is 0 Å². The van der Waals surface area contributed by atoms with Crippen molar-refractivity contribution in [3.05, 3.63) is 29.8 Å². The van der Waals surface area contributed by atoms with Crippen LogP contribution in [0.5, 0.6) is 0 Å². The zero-order valence-electron chi connectivity index (χ0n) is 10.3. The first-order valence-corrected chi connectivity index (χ1v) is 7.27. The summed E-state index contributed by atoms with van der Waals surface area (Å²) in [6.07, 6.45) is 0.144. The van der Waals surface area contributed by atoms with Gasteiger partial charge in [0.2, 0.25) is 15.9 Å². The lowest BCUT2D eigenvalue weighted by atomic mass is 10.2. The number of carbonyl (C=O) groups excluding carboxylic acids is 2. The number of Topliss-reactive ketones (excluding diaryl/α,β-unsaturated/α-hetero) is 1. The van der Waals surface area contributed by atoms with Gasteiger partial charge in [0.15, 0.2) is 5.78 Å². The zero-order valence-corrected chi connectivity index (χ0v) is 11.2. The Balaban J connectivity index is 2.15. The molecule has 1 atom stereocenters. The topological polar surface area (TPSA) is 92.3 Å². The Labute approximate surface area is 111 Å². The van der Waals surface area contributed by atoms with Gasteiger partial charge in [-0.1, -0.05) is 12.1 Å². The average Bonchev–Trinajstić information content (AvgIpc) is 2.74. The van der Waals surface area contributed by atoms with Gasteiger partial charge in [-0.05, 0) is 19.1 Å². The first-order valence-electron chi connectivity index (χ1n) is 5.78. The first kappa shape index (κ1) is 13.7. The Kier molecular flexibility index (Phi) is 3.68. The molecule has 1 unspecified atom stereocenters. The molecule has 2 rings (SSSR count). The summed E-state index contributed by atoms with van der Waals surface area (Å²) in [5.41, 5.74) is 0.455. The molecule has 0 bridgehead atoms. The number of hydrogen-bond acceptors (Lipinski definition) is 4. The van der Waals surface area contributed by atoms with Crippen LogP contribution in [-0.2, 0) is 14.8 Å². The maximum atomic E-state index is 12.0. The summed E-state index contributed by atoms with van der Waals surface area (Å²) < 4.78 is 26.5. The molecule has 0 aliphatic carbocycles. The fraction of sp³-hybridized carbons (Fsp3) is 0.333. The van der Waals surface area contributed by atoms with E-state index in [0.29, 0.717) is 12.1 Å². The highest BCUT2D eigenvalue weighted by Gasteiger charge is 2.26. The van der Waals surface area contributed by atoms with Crippen molar-refractivity contribution < 1.29 is 18.0 Å². The predicted octanol–water partition coefficient (Wildman–Crippen LogP) is 0.0560. The third-order valence-electron chi connectivity index (χ3n) is 2.87. The number of amides is 1. The van der Waals surface area contributed by atoms with Crippen molar-refractivity contribution >= 4 is 21.7 Å². The molecule has 0 spiro atoms. The van der Waals surface area contributed by atoms with Crippen molar-refractivity contribution in [1.82, 2.24) is 10.0 Å². The highest BCUT2D eigenvalue weighted by atomic mass is 32.2. The molecule has 0 radical (unpaired) electrons. The van der Waals surface area contributed by atoms with Crippen molar-refractivity contribution in [2.24, 2.45) is 0 Å². The van der Waals surface area contributed by atoms with Crippen LogP contribution in [0.1, 0.15) is 23.7 Å². The van der Waals surface area contributed by atoms with Crippen LogP contribution in [0.15, 0.2) is 29.2 Å². The monoisotopic (exact) mass is 282 g/mol. The summed E-state index contributed by atoms with van der Waals surface area (Å²) >= 11 is 0. The maximum Gasteiger partial charge on any atom is 0.240 e. The molecule has 19 heavy (non-hydrogen) atoms. The SMILES string of the molecule is CC(=O)c1ccc(S(=O)(=O)NC2CNC(=O)C2)cc1. The van der Waals surface area contributed by atoms with E-state index >= 15 is 0 Å². The molecule has 1 amide bonds. The second-order valence-electron chi connectivity index (χ2n) is 4.41.